The summed E-state index contributed by atoms with van der Waals surface area (Å²) >= 11 is 0. The summed E-state index contributed by atoms with van der Waals surface area (Å²) < 4.78 is 1.63. The fraction of sp³-hybridized carbons (Fsp3) is 0.621. The van der Waals surface area contributed by atoms with E-state index in [1.807, 2.05) is 45.2 Å². The van der Waals surface area contributed by atoms with Gasteiger partial charge in [-0.05, 0) is 43.2 Å². The molecule has 2 heterocycles. The van der Waals surface area contributed by atoms with E-state index >= 15 is 0 Å². The molecule has 2 saturated carbocycles. The van der Waals surface area contributed by atoms with Crippen LogP contribution in [-0.2, 0) is 9.59 Å². The van der Waals surface area contributed by atoms with Crippen molar-refractivity contribution in [2.75, 3.05) is 6.54 Å². The fourth-order valence-electron chi connectivity index (χ4n) is 5.92. The molecule has 1 saturated heterocycles. The van der Waals surface area contributed by atoms with Crippen LogP contribution in [-0.4, -0.2) is 73.5 Å². The van der Waals surface area contributed by atoms with E-state index in [0.717, 1.165) is 44.2 Å². The second-order valence-electron chi connectivity index (χ2n) is 12.4. The first-order valence-corrected chi connectivity index (χ1v) is 14.2. The highest BCUT2D eigenvalue weighted by atomic mass is 16.3. The molecular formula is C29H40N6O4. The Bertz CT molecular complexity index is 1190. The molecule has 3 amide bonds. The number of benzene rings is 1. The molecule has 1 aromatic heterocycles. The minimum atomic E-state index is -0.795. The third kappa shape index (κ3) is 6.16. The quantitative estimate of drug-likeness (QED) is 0.499. The number of β-amino-alcohol motifs (C(OH)–C–C–N with tert-alkyl or cyclic N) is 1. The maximum atomic E-state index is 14.0. The Morgan fingerprint density at radius 3 is 2.31 bits per heavy atom. The first-order valence-electron chi connectivity index (χ1n) is 14.2. The Morgan fingerprint density at radius 2 is 1.67 bits per heavy atom. The number of nitrogens with zero attached hydrogens (tertiary/aromatic N) is 4. The molecule has 0 bridgehead atoms. The van der Waals surface area contributed by atoms with E-state index in [-0.39, 0.29) is 42.8 Å². The monoisotopic (exact) mass is 536 g/mol. The molecule has 3 aliphatic rings. The second-order valence-corrected chi connectivity index (χ2v) is 12.4. The van der Waals surface area contributed by atoms with Crippen molar-refractivity contribution in [2.45, 2.75) is 102 Å². The van der Waals surface area contributed by atoms with E-state index in [1.165, 1.54) is 4.90 Å². The number of carbonyl (C=O) groups excluding carboxylic acids is 3. The van der Waals surface area contributed by atoms with Crippen LogP contribution < -0.4 is 10.6 Å². The molecule has 10 nitrogen and oxygen atoms in total. The third-order valence-electron chi connectivity index (χ3n) is 8.15. The highest BCUT2D eigenvalue weighted by molar-refractivity contribution is 5.94. The maximum Gasteiger partial charge on any atom is 0.251 e. The minimum absolute atomic E-state index is 0.0898. The van der Waals surface area contributed by atoms with Gasteiger partial charge in [0.1, 0.15) is 12.1 Å². The van der Waals surface area contributed by atoms with Crippen LogP contribution >= 0.6 is 0 Å². The van der Waals surface area contributed by atoms with Crippen molar-refractivity contribution in [3.05, 3.63) is 47.8 Å². The van der Waals surface area contributed by atoms with Gasteiger partial charge in [-0.25, -0.2) is 4.68 Å². The summed E-state index contributed by atoms with van der Waals surface area (Å²) in [6.07, 6.45) is 6.82. The highest BCUT2D eigenvalue weighted by Gasteiger charge is 2.46. The second kappa shape index (κ2) is 11.1. The van der Waals surface area contributed by atoms with Crippen LogP contribution in [0.2, 0.25) is 0 Å². The third-order valence-corrected chi connectivity index (χ3v) is 8.15. The molecule has 39 heavy (non-hydrogen) atoms. The molecule has 10 heteroatoms. The number of aliphatic hydroxyl groups excluding tert-OH is 1. The van der Waals surface area contributed by atoms with E-state index in [2.05, 4.69) is 20.9 Å². The van der Waals surface area contributed by atoms with Crippen molar-refractivity contribution < 1.29 is 19.5 Å². The summed E-state index contributed by atoms with van der Waals surface area (Å²) in [5, 5.41) is 25.4. The summed E-state index contributed by atoms with van der Waals surface area (Å²) in [7, 11) is 0. The number of likely N-dealkylation sites (tertiary alicyclic amines) is 1. The summed E-state index contributed by atoms with van der Waals surface area (Å²) in [6, 6.07) is 7.14. The zero-order valence-electron chi connectivity index (χ0n) is 23.0. The number of hydrogen-bond acceptors (Lipinski definition) is 6. The van der Waals surface area contributed by atoms with E-state index in [9.17, 15) is 19.5 Å². The zero-order valence-corrected chi connectivity index (χ0v) is 23.0. The summed E-state index contributed by atoms with van der Waals surface area (Å²) in [6.45, 7) is 6.00. The molecule has 1 aliphatic heterocycles. The first-order chi connectivity index (χ1) is 18.6. The summed E-state index contributed by atoms with van der Waals surface area (Å²) in [5.41, 5.74) is 0.986. The molecule has 3 fully saturated rings. The molecule has 2 aliphatic carbocycles. The number of carbonyl (C=O) groups is 3. The van der Waals surface area contributed by atoms with Crippen LogP contribution in [0.5, 0.6) is 0 Å². The van der Waals surface area contributed by atoms with Crippen LogP contribution in [0.25, 0.3) is 0 Å². The van der Waals surface area contributed by atoms with Gasteiger partial charge in [-0.2, -0.15) is 0 Å². The Morgan fingerprint density at radius 1 is 1.00 bits per heavy atom. The van der Waals surface area contributed by atoms with Gasteiger partial charge < -0.3 is 20.6 Å². The molecule has 210 valence electrons. The first kappa shape index (κ1) is 27.3. The van der Waals surface area contributed by atoms with Crippen molar-refractivity contribution >= 4 is 17.7 Å². The van der Waals surface area contributed by atoms with Gasteiger partial charge in [-0.3, -0.25) is 14.4 Å². The molecular weight excluding hydrogens is 496 g/mol. The van der Waals surface area contributed by atoms with Gasteiger partial charge in [0.25, 0.3) is 5.91 Å². The predicted octanol–water partition coefficient (Wildman–Crippen LogP) is 2.56. The summed E-state index contributed by atoms with van der Waals surface area (Å²) in [5.74, 6) is -0.298. The molecule has 0 spiro atoms. The van der Waals surface area contributed by atoms with Gasteiger partial charge in [0, 0.05) is 42.7 Å². The lowest BCUT2D eigenvalue weighted by Gasteiger charge is -2.36. The SMILES string of the molecule is CC(C)(C)[C@@H](C(=O)N1C[C@H](O)C[C@H]1C(=O)N[C@@H]1CCCC[C@H]1NC(=O)c1ccccc1)n1cc(C2CC2)nn1. The lowest BCUT2D eigenvalue weighted by molar-refractivity contribution is -0.144. The van der Waals surface area contributed by atoms with Gasteiger partial charge in [0.05, 0.1) is 11.8 Å². The Kier molecular flexibility index (Phi) is 7.75. The van der Waals surface area contributed by atoms with Crippen molar-refractivity contribution in [1.82, 2.24) is 30.5 Å². The number of aromatic nitrogens is 3. The van der Waals surface area contributed by atoms with Gasteiger partial charge in [-0.15, -0.1) is 5.10 Å². The van der Waals surface area contributed by atoms with Crippen LogP contribution in [0, 0.1) is 5.41 Å². The molecule has 5 rings (SSSR count). The minimum Gasteiger partial charge on any atom is -0.391 e. The molecule has 0 radical (unpaired) electrons. The van der Waals surface area contributed by atoms with E-state index in [4.69, 9.17) is 0 Å². The van der Waals surface area contributed by atoms with Crippen LogP contribution in [0.1, 0.15) is 93.7 Å². The number of hydrogen-bond donors (Lipinski definition) is 3. The Labute approximate surface area is 229 Å². The van der Waals surface area contributed by atoms with Gasteiger partial charge in [-0.1, -0.05) is 57.0 Å². The maximum absolute atomic E-state index is 14.0. The van der Waals surface area contributed by atoms with E-state index < -0.39 is 23.6 Å². The van der Waals surface area contributed by atoms with Gasteiger partial charge in [0.2, 0.25) is 11.8 Å². The van der Waals surface area contributed by atoms with Gasteiger partial charge in [0.15, 0.2) is 0 Å². The van der Waals surface area contributed by atoms with Crippen molar-refractivity contribution in [3.8, 4) is 0 Å². The average Bonchev–Trinajstić information content (AvgIpc) is 3.51. The van der Waals surface area contributed by atoms with Crippen LogP contribution in [0.4, 0.5) is 0 Å². The Hall–Kier alpha value is -3.27. The number of amides is 3. The molecule has 3 N–H and O–H groups in total. The smallest absolute Gasteiger partial charge is 0.251 e. The predicted molar refractivity (Wildman–Crippen MR) is 145 cm³/mol. The van der Waals surface area contributed by atoms with Crippen LogP contribution in [0.15, 0.2) is 36.5 Å². The van der Waals surface area contributed by atoms with Crippen LogP contribution in [0.3, 0.4) is 0 Å². The van der Waals surface area contributed by atoms with Crippen molar-refractivity contribution in [2.24, 2.45) is 5.41 Å². The normalized spacial score (nSPS) is 26.2. The van der Waals surface area contributed by atoms with E-state index in [1.54, 1.807) is 16.8 Å². The molecule has 1 aromatic carbocycles. The highest BCUT2D eigenvalue weighted by Crippen LogP contribution is 2.40. The molecule has 5 atom stereocenters. The van der Waals surface area contributed by atoms with E-state index in [0.29, 0.717) is 11.5 Å². The van der Waals surface area contributed by atoms with Crippen molar-refractivity contribution in [1.29, 1.82) is 0 Å². The average molecular weight is 537 g/mol. The molecule has 0 unspecified atom stereocenters. The number of aliphatic hydroxyl groups is 1. The number of nitrogens with one attached hydrogen (secondary N) is 2. The standard InChI is InChI=1S/C29H40N6O4/c1-29(2,3)25(35-17-23(32-33-35)18-13-14-18)28(39)34-16-20(36)15-24(34)27(38)31-22-12-8-7-11-21(22)30-26(37)19-9-5-4-6-10-19/h4-6,9-10,17-18,20-22,24-25,36H,7-8,11-16H2,1-3H3,(H,30,37)(H,31,38)/t20-,21-,22-,24+,25-/m1/s1. The summed E-state index contributed by atoms with van der Waals surface area (Å²) in [4.78, 5) is 41.9. The number of rotatable bonds is 7. The van der Waals surface area contributed by atoms with Crippen molar-refractivity contribution in [3.63, 3.8) is 0 Å². The lowest BCUT2D eigenvalue weighted by atomic mass is 9.85. The molecule has 2 aromatic rings. The Balaban J connectivity index is 1.30. The topological polar surface area (TPSA) is 129 Å². The fourth-order valence-corrected chi connectivity index (χ4v) is 5.92. The zero-order chi connectivity index (χ0) is 27.7. The lowest BCUT2D eigenvalue weighted by Crippen LogP contribution is -2.57. The largest absolute Gasteiger partial charge is 0.391 e. The van der Waals surface area contributed by atoms with Gasteiger partial charge >= 0.3 is 0 Å².